The van der Waals surface area contributed by atoms with Crippen molar-refractivity contribution >= 4 is 22.0 Å². The van der Waals surface area contributed by atoms with Crippen LogP contribution in [0.25, 0.3) is 0 Å². The number of carbonyl (C=O) groups excluding carboxylic acids is 1. The molecule has 1 amide bonds. The summed E-state index contributed by atoms with van der Waals surface area (Å²) in [6.07, 6.45) is 1.12. The molecule has 1 N–H and O–H groups in total. The lowest BCUT2D eigenvalue weighted by Gasteiger charge is -2.38. The number of aliphatic hydroxyl groups is 1. The van der Waals surface area contributed by atoms with Gasteiger partial charge in [0.2, 0.25) is 0 Å². The van der Waals surface area contributed by atoms with Crippen molar-refractivity contribution < 1.29 is 14.6 Å². The van der Waals surface area contributed by atoms with Gasteiger partial charge in [-0.3, -0.25) is 0 Å². The first-order valence-corrected chi connectivity index (χ1v) is 8.45. The van der Waals surface area contributed by atoms with E-state index in [1.807, 2.05) is 45.0 Å². The van der Waals surface area contributed by atoms with Gasteiger partial charge in [0.05, 0.1) is 6.04 Å². The van der Waals surface area contributed by atoms with Crippen molar-refractivity contribution in [1.29, 1.82) is 0 Å². The molecule has 0 aliphatic carbocycles. The van der Waals surface area contributed by atoms with E-state index >= 15 is 0 Å². The SMILES string of the molecule is CC(c1ccc(Br)cc1)N1CCC(CC(C)(C)CO)OC1=O. The highest BCUT2D eigenvalue weighted by molar-refractivity contribution is 9.10. The first-order valence-electron chi connectivity index (χ1n) is 7.66. The predicted octanol–water partition coefficient (Wildman–Crippen LogP) is 4.13. The molecule has 4 nitrogen and oxygen atoms in total. The highest BCUT2D eigenvalue weighted by atomic mass is 79.9. The van der Waals surface area contributed by atoms with Crippen LogP contribution in [0.1, 0.15) is 45.2 Å². The van der Waals surface area contributed by atoms with Crippen LogP contribution in [0.15, 0.2) is 28.7 Å². The summed E-state index contributed by atoms with van der Waals surface area (Å²) < 4.78 is 6.59. The van der Waals surface area contributed by atoms with Gasteiger partial charge in [0, 0.05) is 24.0 Å². The minimum absolute atomic E-state index is 0.00704. The number of benzene rings is 1. The fourth-order valence-corrected chi connectivity index (χ4v) is 3.01. The molecule has 1 heterocycles. The fraction of sp³-hybridized carbons (Fsp3) is 0.588. The zero-order valence-corrected chi connectivity index (χ0v) is 15.0. The third kappa shape index (κ3) is 4.23. The number of cyclic esters (lactones) is 1. The largest absolute Gasteiger partial charge is 0.446 e. The van der Waals surface area contributed by atoms with E-state index in [1.54, 1.807) is 4.90 Å². The quantitative estimate of drug-likeness (QED) is 0.848. The van der Waals surface area contributed by atoms with Crippen LogP contribution in [0.3, 0.4) is 0 Å². The van der Waals surface area contributed by atoms with Gasteiger partial charge in [0.25, 0.3) is 0 Å². The van der Waals surface area contributed by atoms with E-state index < -0.39 is 0 Å². The number of amides is 1. The van der Waals surface area contributed by atoms with E-state index in [-0.39, 0.29) is 30.3 Å². The van der Waals surface area contributed by atoms with E-state index in [4.69, 9.17) is 4.74 Å². The summed E-state index contributed by atoms with van der Waals surface area (Å²) in [6, 6.07) is 7.99. The highest BCUT2D eigenvalue weighted by Crippen LogP contribution is 2.30. The van der Waals surface area contributed by atoms with Crippen molar-refractivity contribution in [1.82, 2.24) is 4.90 Å². The van der Waals surface area contributed by atoms with Crippen LogP contribution in [-0.2, 0) is 4.74 Å². The summed E-state index contributed by atoms with van der Waals surface area (Å²) in [6.45, 7) is 6.76. The summed E-state index contributed by atoms with van der Waals surface area (Å²) in [7, 11) is 0. The second-order valence-corrected chi connectivity index (χ2v) is 7.66. The zero-order chi connectivity index (χ0) is 16.3. The second kappa shape index (κ2) is 7.01. The Labute approximate surface area is 140 Å². The predicted molar refractivity (Wildman–Crippen MR) is 89.6 cm³/mol. The first-order chi connectivity index (χ1) is 10.3. The number of hydrogen-bond donors (Lipinski definition) is 1. The van der Waals surface area contributed by atoms with Crippen LogP contribution < -0.4 is 0 Å². The summed E-state index contributed by atoms with van der Waals surface area (Å²) in [4.78, 5) is 14.1. The minimum Gasteiger partial charge on any atom is -0.446 e. The number of aliphatic hydroxyl groups excluding tert-OH is 1. The lowest BCUT2D eigenvalue weighted by Crippen LogP contribution is -2.44. The molecule has 1 fully saturated rings. The first kappa shape index (κ1) is 17.3. The van der Waals surface area contributed by atoms with E-state index in [0.29, 0.717) is 13.0 Å². The number of nitrogens with zero attached hydrogens (tertiary/aromatic N) is 1. The Hall–Kier alpha value is -1.07. The summed E-state index contributed by atoms with van der Waals surface area (Å²) in [5.41, 5.74) is 0.874. The van der Waals surface area contributed by atoms with Gasteiger partial charge in [-0.1, -0.05) is 41.9 Å². The molecule has 1 aromatic carbocycles. The van der Waals surface area contributed by atoms with Crippen molar-refractivity contribution in [2.24, 2.45) is 5.41 Å². The molecule has 1 aromatic rings. The summed E-state index contributed by atoms with van der Waals surface area (Å²) in [5.74, 6) is 0. The average Bonchev–Trinajstić information content (AvgIpc) is 2.47. The molecule has 1 aliphatic heterocycles. The van der Waals surface area contributed by atoms with Crippen molar-refractivity contribution in [2.75, 3.05) is 13.2 Å². The van der Waals surface area contributed by atoms with Gasteiger partial charge >= 0.3 is 6.09 Å². The molecule has 1 saturated heterocycles. The Bertz CT molecular complexity index is 515. The van der Waals surface area contributed by atoms with Crippen molar-refractivity contribution in [3.8, 4) is 0 Å². The Balaban J connectivity index is 1.98. The Morgan fingerprint density at radius 3 is 2.59 bits per heavy atom. The third-order valence-corrected chi connectivity index (χ3v) is 4.75. The van der Waals surface area contributed by atoms with Gasteiger partial charge in [0.15, 0.2) is 0 Å². The fourth-order valence-electron chi connectivity index (χ4n) is 2.74. The van der Waals surface area contributed by atoms with Crippen LogP contribution in [-0.4, -0.2) is 35.4 Å². The highest BCUT2D eigenvalue weighted by Gasteiger charge is 2.33. The number of hydrogen-bond acceptors (Lipinski definition) is 3. The normalized spacial score (nSPS) is 20.7. The topological polar surface area (TPSA) is 49.8 Å². The maximum Gasteiger partial charge on any atom is 0.410 e. The Morgan fingerprint density at radius 2 is 2.05 bits per heavy atom. The van der Waals surface area contributed by atoms with Gasteiger partial charge in [-0.25, -0.2) is 4.79 Å². The van der Waals surface area contributed by atoms with Crippen molar-refractivity contribution in [3.63, 3.8) is 0 Å². The van der Waals surface area contributed by atoms with E-state index in [2.05, 4.69) is 15.9 Å². The summed E-state index contributed by atoms with van der Waals surface area (Å²) >= 11 is 3.42. The number of halogens is 1. The minimum atomic E-state index is -0.264. The standard InChI is InChI=1S/C17H24BrNO3/c1-12(13-4-6-14(18)7-5-13)19-9-8-15(22-16(19)21)10-17(2,3)11-20/h4-7,12,15,20H,8-11H2,1-3H3. The molecule has 0 spiro atoms. The van der Waals surface area contributed by atoms with Gasteiger partial charge in [-0.2, -0.15) is 0 Å². The van der Waals surface area contributed by atoms with Crippen LogP contribution in [0.2, 0.25) is 0 Å². The molecular weight excluding hydrogens is 346 g/mol. The van der Waals surface area contributed by atoms with Crippen LogP contribution in [0, 0.1) is 5.41 Å². The van der Waals surface area contributed by atoms with Gasteiger partial charge in [0.1, 0.15) is 6.10 Å². The molecule has 122 valence electrons. The molecule has 0 bridgehead atoms. The Morgan fingerprint density at radius 1 is 1.41 bits per heavy atom. The van der Waals surface area contributed by atoms with Crippen LogP contribution in [0.5, 0.6) is 0 Å². The van der Waals surface area contributed by atoms with E-state index in [0.717, 1.165) is 16.5 Å². The van der Waals surface area contributed by atoms with Gasteiger partial charge < -0.3 is 14.7 Å². The van der Waals surface area contributed by atoms with Crippen LogP contribution >= 0.6 is 15.9 Å². The van der Waals surface area contributed by atoms with Crippen molar-refractivity contribution in [2.45, 2.75) is 45.8 Å². The average molecular weight is 370 g/mol. The second-order valence-electron chi connectivity index (χ2n) is 6.74. The maximum atomic E-state index is 12.3. The smallest absolute Gasteiger partial charge is 0.410 e. The molecule has 0 radical (unpaired) electrons. The molecule has 0 saturated carbocycles. The van der Waals surface area contributed by atoms with E-state index in [9.17, 15) is 9.90 Å². The third-order valence-electron chi connectivity index (χ3n) is 4.22. The van der Waals surface area contributed by atoms with Crippen molar-refractivity contribution in [3.05, 3.63) is 34.3 Å². The van der Waals surface area contributed by atoms with Crippen LogP contribution in [0.4, 0.5) is 4.79 Å². The Kier molecular flexibility index (Phi) is 5.50. The van der Waals surface area contributed by atoms with Gasteiger partial charge in [-0.05, 0) is 36.5 Å². The monoisotopic (exact) mass is 369 g/mol. The zero-order valence-electron chi connectivity index (χ0n) is 13.4. The molecule has 2 atom stereocenters. The molecule has 0 aromatic heterocycles. The molecule has 2 rings (SSSR count). The number of rotatable bonds is 5. The molecule has 5 heteroatoms. The molecule has 1 aliphatic rings. The molecule has 22 heavy (non-hydrogen) atoms. The number of carbonyl (C=O) groups is 1. The van der Waals surface area contributed by atoms with Gasteiger partial charge in [-0.15, -0.1) is 0 Å². The summed E-state index contributed by atoms with van der Waals surface area (Å²) in [5, 5.41) is 9.35. The lowest BCUT2D eigenvalue weighted by atomic mass is 9.86. The maximum absolute atomic E-state index is 12.3. The number of ether oxygens (including phenoxy) is 1. The molecular formula is C17H24BrNO3. The lowest BCUT2D eigenvalue weighted by molar-refractivity contribution is -0.0121. The molecule has 2 unspecified atom stereocenters. The van der Waals surface area contributed by atoms with E-state index in [1.165, 1.54) is 0 Å².